The van der Waals surface area contributed by atoms with Gasteiger partial charge in [0.1, 0.15) is 12.3 Å². The lowest BCUT2D eigenvalue weighted by Gasteiger charge is -2.22. The van der Waals surface area contributed by atoms with Crippen molar-refractivity contribution in [2.24, 2.45) is 0 Å². The summed E-state index contributed by atoms with van der Waals surface area (Å²) in [5, 5.41) is 0. The third-order valence-electron chi connectivity index (χ3n) is 4.71. The third kappa shape index (κ3) is 5.07. The predicted molar refractivity (Wildman–Crippen MR) is 101 cm³/mol. The SMILES string of the molecule is COc1ccc(CN2CCCN(C(=O)Cn3ccc(=O)[nH]c3=O)CC2)cc1. The average molecular weight is 372 g/mol. The molecule has 3 rings (SSSR count). The van der Waals surface area contributed by atoms with Crippen LogP contribution in [0.2, 0.25) is 0 Å². The number of ether oxygens (including phenoxy) is 1. The summed E-state index contributed by atoms with van der Waals surface area (Å²) in [5.74, 6) is 0.722. The van der Waals surface area contributed by atoms with Crippen molar-refractivity contribution in [3.63, 3.8) is 0 Å². The van der Waals surface area contributed by atoms with Crippen molar-refractivity contribution in [1.29, 1.82) is 0 Å². The molecular weight excluding hydrogens is 348 g/mol. The molecular formula is C19H24N4O4. The number of nitrogens with zero attached hydrogens (tertiary/aromatic N) is 3. The summed E-state index contributed by atoms with van der Waals surface area (Å²) in [7, 11) is 1.65. The largest absolute Gasteiger partial charge is 0.497 e. The van der Waals surface area contributed by atoms with Gasteiger partial charge in [0.05, 0.1) is 7.11 Å². The van der Waals surface area contributed by atoms with Crippen LogP contribution in [0.1, 0.15) is 12.0 Å². The maximum atomic E-state index is 12.5. The van der Waals surface area contributed by atoms with Crippen LogP contribution >= 0.6 is 0 Å². The van der Waals surface area contributed by atoms with Gasteiger partial charge in [0.2, 0.25) is 5.91 Å². The molecule has 1 saturated heterocycles. The quantitative estimate of drug-likeness (QED) is 0.815. The Morgan fingerprint density at radius 3 is 2.56 bits per heavy atom. The molecule has 2 heterocycles. The summed E-state index contributed by atoms with van der Waals surface area (Å²) >= 11 is 0. The first-order valence-electron chi connectivity index (χ1n) is 8.98. The minimum absolute atomic E-state index is 0.0614. The summed E-state index contributed by atoms with van der Waals surface area (Å²) in [5.41, 5.74) is 0.176. The van der Waals surface area contributed by atoms with Gasteiger partial charge in [-0.25, -0.2) is 4.79 Å². The summed E-state index contributed by atoms with van der Waals surface area (Å²) in [4.78, 5) is 41.7. The molecule has 0 unspecified atom stereocenters. The summed E-state index contributed by atoms with van der Waals surface area (Å²) in [6.07, 6.45) is 2.23. The zero-order valence-corrected chi connectivity index (χ0v) is 15.4. The van der Waals surface area contributed by atoms with Crippen LogP contribution in [0.25, 0.3) is 0 Å². The zero-order valence-electron chi connectivity index (χ0n) is 15.4. The topological polar surface area (TPSA) is 87.6 Å². The van der Waals surface area contributed by atoms with Gasteiger partial charge in [-0.05, 0) is 24.1 Å². The predicted octanol–water partition coefficient (Wildman–Crippen LogP) is 0.280. The molecule has 0 spiro atoms. The van der Waals surface area contributed by atoms with E-state index in [0.717, 1.165) is 31.8 Å². The molecule has 8 nitrogen and oxygen atoms in total. The highest BCUT2D eigenvalue weighted by Gasteiger charge is 2.19. The Morgan fingerprint density at radius 2 is 1.85 bits per heavy atom. The van der Waals surface area contributed by atoms with Crippen molar-refractivity contribution in [3.8, 4) is 5.75 Å². The van der Waals surface area contributed by atoms with Gasteiger partial charge in [-0.1, -0.05) is 12.1 Å². The minimum Gasteiger partial charge on any atom is -0.497 e. The van der Waals surface area contributed by atoms with Gasteiger partial charge in [0.25, 0.3) is 5.56 Å². The maximum absolute atomic E-state index is 12.5. The molecule has 1 aliphatic rings. The van der Waals surface area contributed by atoms with Crippen LogP contribution in [0.3, 0.4) is 0 Å². The highest BCUT2D eigenvalue weighted by molar-refractivity contribution is 5.76. The fourth-order valence-corrected chi connectivity index (χ4v) is 3.18. The van der Waals surface area contributed by atoms with E-state index >= 15 is 0 Å². The van der Waals surface area contributed by atoms with Gasteiger partial charge < -0.3 is 9.64 Å². The lowest BCUT2D eigenvalue weighted by molar-refractivity contribution is -0.131. The maximum Gasteiger partial charge on any atom is 0.328 e. The van der Waals surface area contributed by atoms with Crippen molar-refractivity contribution in [2.75, 3.05) is 33.3 Å². The molecule has 27 heavy (non-hydrogen) atoms. The molecule has 0 aliphatic carbocycles. The van der Waals surface area contributed by atoms with Crippen molar-refractivity contribution in [2.45, 2.75) is 19.5 Å². The number of nitrogens with one attached hydrogen (secondary N) is 1. The average Bonchev–Trinajstić information content (AvgIpc) is 2.90. The molecule has 2 aromatic rings. The number of benzene rings is 1. The molecule has 1 aromatic carbocycles. The Balaban J connectivity index is 1.56. The number of hydrogen-bond donors (Lipinski definition) is 1. The third-order valence-corrected chi connectivity index (χ3v) is 4.71. The van der Waals surface area contributed by atoms with E-state index in [4.69, 9.17) is 4.74 Å². The lowest BCUT2D eigenvalue weighted by atomic mass is 10.2. The van der Waals surface area contributed by atoms with Gasteiger partial charge in [-0.2, -0.15) is 0 Å². The van der Waals surface area contributed by atoms with E-state index in [1.807, 2.05) is 12.1 Å². The Labute approximate surface area is 157 Å². The Hall–Kier alpha value is -2.87. The molecule has 0 atom stereocenters. The van der Waals surface area contributed by atoms with Crippen LogP contribution in [0.15, 0.2) is 46.1 Å². The number of carbonyl (C=O) groups is 1. The number of carbonyl (C=O) groups excluding carboxylic acids is 1. The van der Waals surface area contributed by atoms with Crippen molar-refractivity contribution < 1.29 is 9.53 Å². The fraction of sp³-hybridized carbons (Fsp3) is 0.421. The van der Waals surface area contributed by atoms with Gasteiger partial charge in [0.15, 0.2) is 0 Å². The van der Waals surface area contributed by atoms with E-state index < -0.39 is 11.2 Å². The molecule has 0 radical (unpaired) electrons. The van der Waals surface area contributed by atoms with Gasteiger partial charge in [0, 0.05) is 45.0 Å². The van der Waals surface area contributed by atoms with Crippen LogP contribution in [0.4, 0.5) is 0 Å². The highest BCUT2D eigenvalue weighted by atomic mass is 16.5. The zero-order chi connectivity index (χ0) is 19.2. The van der Waals surface area contributed by atoms with E-state index in [-0.39, 0.29) is 12.5 Å². The summed E-state index contributed by atoms with van der Waals surface area (Å²) in [6.45, 7) is 3.73. The lowest BCUT2D eigenvalue weighted by Crippen LogP contribution is -2.40. The summed E-state index contributed by atoms with van der Waals surface area (Å²) < 4.78 is 6.41. The minimum atomic E-state index is -0.563. The Bertz CT molecular complexity index is 888. The van der Waals surface area contributed by atoms with Crippen LogP contribution in [0.5, 0.6) is 5.75 Å². The van der Waals surface area contributed by atoms with Crippen LogP contribution in [0, 0.1) is 0 Å². The molecule has 1 aromatic heterocycles. The molecule has 1 aliphatic heterocycles. The fourth-order valence-electron chi connectivity index (χ4n) is 3.18. The van der Waals surface area contributed by atoms with E-state index in [1.165, 1.54) is 22.4 Å². The van der Waals surface area contributed by atoms with Crippen LogP contribution in [-0.4, -0.2) is 58.5 Å². The molecule has 1 N–H and O–H groups in total. The molecule has 8 heteroatoms. The number of H-pyrrole nitrogens is 1. The van der Waals surface area contributed by atoms with E-state index in [9.17, 15) is 14.4 Å². The normalized spacial score (nSPS) is 15.4. The van der Waals surface area contributed by atoms with Gasteiger partial charge in [-0.3, -0.25) is 24.0 Å². The molecule has 0 bridgehead atoms. The number of aromatic amines is 1. The highest BCUT2D eigenvalue weighted by Crippen LogP contribution is 2.14. The number of amides is 1. The van der Waals surface area contributed by atoms with Crippen molar-refractivity contribution >= 4 is 5.91 Å². The summed E-state index contributed by atoms with van der Waals surface area (Å²) in [6, 6.07) is 9.24. The van der Waals surface area contributed by atoms with Crippen molar-refractivity contribution in [3.05, 3.63) is 62.9 Å². The molecule has 1 amide bonds. The number of rotatable bonds is 5. The van der Waals surface area contributed by atoms with Crippen LogP contribution < -0.4 is 16.0 Å². The number of hydrogen-bond acceptors (Lipinski definition) is 5. The molecule has 0 saturated carbocycles. The second-order valence-corrected chi connectivity index (χ2v) is 6.60. The first-order chi connectivity index (χ1) is 13.0. The van der Waals surface area contributed by atoms with Gasteiger partial charge >= 0.3 is 5.69 Å². The second-order valence-electron chi connectivity index (χ2n) is 6.60. The molecule has 1 fully saturated rings. The Kier molecular flexibility index (Phi) is 6.08. The monoisotopic (exact) mass is 372 g/mol. The van der Waals surface area contributed by atoms with Gasteiger partial charge in [-0.15, -0.1) is 0 Å². The first kappa shape index (κ1) is 18.9. The Morgan fingerprint density at radius 1 is 1.07 bits per heavy atom. The standard InChI is InChI=1S/C19H24N4O4/c1-27-16-5-3-15(4-6-16)13-21-8-2-9-22(12-11-21)18(25)14-23-10-7-17(24)20-19(23)26/h3-7,10H,2,8-9,11-14H2,1H3,(H,20,24,26). The van der Waals surface area contributed by atoms with Crippen LogP contribution in [-0.2, 0) is 17.9 Å². The molecule has 144 valence electrons. The first-order valence-corrected chi connectivity index (χ1v) is 8.98. The van der Waals surface area contributed by atoms with Crippen molar-refractivity contribution in [1.82, 2.24) is 19.4 Å². The number of methoxy groups -OCH3 is 1. The van der Waals surface area contributed by atoms with E-state index in [1.54, 1.807) is 12.0 Å². The van der Waals surface area contributed by atoms with E-state index in [0.29, 0.717) is 13.1 Å². The number of aromatic nitrogens is 2. The second kappa shape index (κ2) is 8.68. The van der Waals surface area contributed by atoms with E-state index in [2.05, 4.69) is 22.0 Å². The smallest absolute Gasteiger partial charge is 0.328 e.